The van der Waals surface area contributed by atoms with Gasteiger partial charge in [-0.2, -0.15) is 0 Å². The maximum absolute atomic E-state index is 12.9. The maximum atomic E-state index is 12.9. The molecule has 0 aliphatic carbocycles. The first-order valence-corrected chi connectivity index (χ1v) is 9.57. The summed E-state index contributed by atoms with van der Waals surface area (Å²) in [5.41, 5.74) is 3.04. The second kappa shape index (κ2) is 9.55. The monoisotopic (exact) mass is 432 g/mol. The summed E-state index contributed by atoms with van der Waals surface area (Å²) in [5.74, 6) is 0.224. The number of nitrogens with zero attached hydrogens (tertiary/aromatic N) is 1. The number of carbonyl (C=O) groups excluding carboxylic acids is 2. The van der Waals surface area contributed by atoms with E-state index in [2.05, 4.69) is 21.2 Å². The van der Waals surface area contributed by atoms with Crippen LogP contribution in [0.2, 0.25) is 0 Å². The van der Waals surface area contributed by atoms with Crippen molar-refractivity contribution in [1.29, 1.82) is 0 Å². The van der Waals surface area contributed by atoms with Crippen LogP contribution in [0.4, 0.5) is 0 Å². The largest absolute Gasteiger partial charge is 0.483 e. The van der Waals surface area contributed by atoms with Crippen LogP contribution in [0, 0.1) is 13.8 Å². The Kier molecular flexibility index (Phi) is 7.42. The minimum absolute atomic E-state index is 0.123. The lowest BCUT2D eigenvalue weighted by Crippen LogP contribution is -2.48. The number of likely N-dealkylation sites (N-methyl/N-ethyl adjacent to an activating group) is 1. The molecular formula is C21H25BrN2O3. The average Bonchev–Trinajstić information content (AvgIpc) is 2.67. The normalized spacial score (nSPS) is 11.6. The number of ether oxygens (including phenoxy) is 1. The maximum Gasteiger partial charge on any atom is 0.261 e. The van der Waals surface area contributed by atoms with Crippen molar-refractivity contribution in [3.05, 3.63) is 63.6 Å². The Balaban J connectivity index is 2.15. The molecule has 2 rings (SSSR count). The molecule has 5 nitrogen and oxygen atoms in total. The highest BCUT2D eigenvalue weighted by Gasteiger charge is 2.26. The van der Waals surface area contributed by atoms with Crippen LogP contribution in [0.15, 0.2) is 46.9 Å². The molecule has 1 N–H and O–H groups in total. The lowest BCUT2D eigenvalue weighted by molar-refractivity contribution is -0.142. The van der Waals surface area contributed by atoms with Crippen molar-refractivity contribution in [2.75, 3.05) is 13.7 Å². The van der Waals surface area contributed by atoms with Gasteiger partial charge in [0.25, 0.3) is 5.91 Å². The van der Waals surface area contributed by atoms with Crippen molar-refractivity contribution in [1.82, 2.24) is 10.2 Å². The van der Waals surface area contributed by atoms with E-state index in [1.165, 1.54) is 4.90 Å². The highest BCUT2D eigenvalue weighted by atomic mass is 79.9. The molecule has 0 aliphatic rings. The molecule has 0 unspecified atom stereocenters. The third kappa shape index (κ3) is 5.57. The predicted molar refractivity (Wildman–Crippen MR) is 110 cm³/mol. The van der Waals surface area contributed by atoms with Gasteiger partial charge in [-0.3, -0.25) is 9.59 Å². The van der Waals surface area contributed by atoms with Crippen molar-refractivity contribution in [3.8, 4) is 5.75 Å². The summed E-state index contributed by atoms with van der Waals surface area (Å²) in [4.78, 5) is 26.5. The second-order valence-corrected chi connectivity index (χ2v) is 7.34. The molecule has 6 heteroatoms. The van der Waals surface area contributed by atoms with E-state index in [-0.39, 0.29) is 18.4 Å². The fraction of sp³-hybridized carbons (Fsp3) is 0.333. The average molecular weight is 433 g/mol. The summed E-state index contributed by atoms with van der Waals surface area (Å²) in [6, 6.07) is 12.8. The quantitative estimate of drug-likeness (QED) is 0.726. The van der Waals surface area contributed by atoms with Crippen molar-refractivity contribution in [3.63, 3.8) is 0 Å². The van der Waals surface area contributed by atoms with Gasteiger partial charge in [0, 0.05) is 18.1 Å². The summed E-state index contributed by atoms with van der Waals surface area (Å²) < 4.78 is 6.71. The zero-order valence-corrected chi connectivity index (χ0v) is 17.7. The van der Waals surface area contributed by atoms with Crippen molar-refractivity contribution in [2.24, 2.45) is 0 Å². The van der Waals surface area contributed by atoms with E-state index < -0.39 is 6.04 Å². The number of carbonyl (C=O) groups is 2. The van der Waals surface area contributed by atoms with Crippen molar-refractivity contribution < 1.29 is 14.3 Å². The molecule has 0 radical (unpaired) electrons. The Bertz CT molecular complexity index is 806. The third-order valence-corrected chi connectivity index (χ3v) is 5.11. The van der Waals surface area contributed by atoms with Crippen LogP contribution < -0.4 is 10.1 Å². The summed E-state index contributed by atoms with van der Waals surface area (Å²) in [6.07, 6.45) is 0. The molecule has 2 aromatic rings. The predicted octanol–water partition coefficient (Wildman–Crippen LogP) is 3.61. The van der Waals surface area contributed by atoms with Gasteiger partial charge in [-0.25, -0.2) is 0 Å². The van der Waals surface area contributed by atoms with Crippen LogP contribution >= 0.6 is 15.9 Å². The van der Waals surface area contributed by atoms with E-state index in [1.807, 2.05) is 56.3 Å². The summed E-state index contributed by atoms with van der Waals surface area (Å²) in [5, 5.41) is 2.60. The molecule has 1 atom stereocenters. The number of benzene rings is 2. The minimum Gasteiger partial charge on any atom is -0.483 e. The molecule has 0 saturated heterocycles. The van der Waals surface area contributed by atoms with Gasteiger partial charge in [0.15, 0.2) is 6.61 Å². The molecule has 2 aromatic carbocycles. The van der Waals surface area contributed by atoms with Crippen LogP contribution in [0.5, 0.6) is 5.75 Å². The van der Waals surface area contributed by atoms with Gasteiger partial charge in [0.05, 0.1) is 0 Å². The molecule has 0 fully saturated rings. The molecule has 0 spiro atoms. The zero-order valence-electron chi connectivity index (χ0n) is 16.1. The van der Waals surface area contributed by atoms with E-state index in [1.54, 1.807) is 14.0 Å². The van der Waals surface area contributed by atoms with E-state index in [0.29, 0.717) is 12.3 Å². The number of amides is 2. The molecule has 27 heavy (non-hydrogen) atoms. The number of rotatable bonds is 7. The fourth-order valence-electron chi connectivity index (χ4n) is 2.68. The number of nitrogens with one attached hydrogen (secondary N) is 1. The molecule has 0 bridgehead atoms. The molecule has 0 saturated carbocycles. The smallest absolute Gasteiger partial charge is 0.261 e. The molecular weight excluding hydrogens is 408 g/mol. The molecule has 2 amide bonds. The SMILES string of the molecule is CNC(=O)[C@H](C)N(Cc1ccc(Br)cc1)C(=O)COc1cccc(C)c1C. The number of halogens is 1. The Labute approximate surface area is 168 Å². The van der Waals surface area contributed by atoms with Crippen LogP contribution in [-0.4, -0.2) is 36.4 Å². The van der Waals surface area contributed by atoms with Gasteiger partial charge in [-0.05, 0) is 55.7 Å². The van der Waals surface area contributed by atoms with Gasteiger partial charge >= 0.3 is 0 Å². The van der Waals surface area contributed by atoms with Crippen LogP contribution in [0.3, 0.4) is 0 Å². The number of hydrogen-bond acceptors (Lipinski definition) is 3. The first-order valence-electron chi connectivity index (χ1n) is 8.78. The van der Waals surface area contributed by atoms with E-state index in [0.717, 1.165) is 21.2 Å². The highest BCUT2D eigenvalue weighted by Crippen LogP contribution is 2.21. The Hall–Kier alpha value is -2.34. The molecule has 0 aliphatic heterocycles. The zero-order chi connectivity index (χ0) is 20.0. The minimum atomic E-state index is -0.603. The van der Waals surface area contributed by atoms with Crippen LogP contribution in [0.1, 0.15) is 23.6 Å². The summed E-state index contributed by atoms with van der Waals surface area (Å²) >= 11 is 3.40. The van der Waals surface area contributed by atoms with Crippen molar-refractivity contribution in [2.45, 2.75) is 33.4 Å². The first kappa shape index (κ1) is 21.0. The fourth-order valence-corrected chi connectivity index (χ4v) is 2.95. The first-order chi connectivity index (χ1) is 12.8. The van der Waals surface area contributed by atoms with E-state index in [9.17, 15) is 9.59 Å². The van der Waals surface area contributed by atoms with Gasteiger partial charge in [-0.15, -0.1) is 0 Å². The lowest BCUT2D eigenvalue weighted by Gasteiger charge is -2.28. The standard InChI is InChI=1S/C21H25BrN2O3/c1-14-6-5-7-19(15(14)2)27-13-20(25)24(16(3)21(26)23-4)12-17-8-10-18(22)11-9-17/h5-11,16H,12-13H2,1-4H3,(H,23,26)/t16-/m0/s1. The van der Waals surface area contributed by atoms with Gasteiger partial charge < -0.3 is 15.0 Å². The molecule has 0 heterocycles. The molecule has 0 aromatic heterocycles. The molecule has 144 valence electrons. The Morgan fingerprint density at radius 1 is 1.15 bits per heavy atom. The highest BCUT2D eigenvalue weighted by molar-refractivity contribution is 9.10. The second-order valence-electron chi connectivity index (χ2n) is 6.43. The van der Waals surface area contributed by atoms with Gasteiger partial charge in [0.2, 0.25) is 5.91 Å². The Morgan fingerprint density at radius 2 is 1.81 bits per heavy atom. The van der Waals surface area contributed by atoms with Gasteiger partial charge in [0.1, 0.15) is 11.8 Å². The Morgan fingerprint density at radius 3 is 2.44 bits per heavy atom. The van der Waals surface area contributed by atoms with Gasteiger partial charge in [-0.1, -0.05) is 40.2 Å². The topological polar surface area (TPSA) is 58.6 Å². The number of hydrogen-bond donors (Lipinski definition) is 1. The van der Waals surface area contributed by atoms with E-state index in [4.69, 9.17) is 4.74 Å². The van der Waals surface area contributed by atoms with E-state index >= 15 is 0 Å². The third-order valence-electron chi connectivity index (χ3n) is 4.59. The summed E-state index contributed by atoms with van der Waals surface area (Å²) in [6.45, 7) is 5.88. The van der Waals surface area contributed by atoms with Crippen LogP contribution in [-0.2, 0) is 16.1 Å². The van der Waals surface area contributed by atoms with Crippen LogP contribution in [0.25, 0.3) is 0 Å². The number of aryl methyl sites for hydroxylation is 1. The van der Waals surface area contributed by atoms with Crippen molar-refractivity contribution >= 4 is 27.7 Å². The lowest BCUT2D eigenvalue weighted by atomic mass is 10.1. The summed E-state index contributed by atoms with van der Waals surface area (Å²) in [7, 11) is 1.56.